The summed E-state index contributed by atoms with van der Waals surface area (Å²) in [6.45, 7) is 8.81. The van der Waals surface area contributed by atoms with Crippen LogP contribution in [0.1, 0.15) is 50.5 Å². The van der Waals surface area contributed by atoms with Crippen LogP contribution >= 0.6 is 37.2 Å². The number of halogens is 3. The van der Waals surface area contributed by atoms with Crippen LogP contribution in [0.5, 0.6) is 5.75 Å². The maximum absolute atomic E-state index is 10.8. The molecule has 0 unspecified atom stereocenters. The van der Waals surface area contributed by atoms with Gasteiger partial charge in [0.05, 0.1) is 11.5 Å². The van der Waals surface area contributed by atoms with Gasteiger partial charge in [-0.1, -0.05) is 49.6 Å². The fraction of sp³-hybridized carbons (Fsp3) is 0.552. The molecule has 0 bridgehead atoms. The zero-order valence-electron chi connectivity index (χ0n) is 23.8. The molecule has 1 aliphatic rings. The van der Waals surface area contributed by atoms with Crippen molar-refractivity contribution in [1.82, 2.24) is 14.7 Å². The lowest BCUT2D eigenvalue weighted by Gasteiger charge is -2.34. The molecule has 0 spiro atoms. The molecular formula is C29H47Cl3N6O3. The zero-order valence-corrected chi connectivity index (χ0v) is 26.3. The number of nitro groups is 1. The van der Waals surface area contributed by atoms with E-state index in [0.717, 1.165) is 69.9 Å². The van der Waals surface area contributed by atoms with Gasteiger partial charge in [0.25, 0.3) is 5.69 Å². The summed E-state index contributed by atoms with van der Waals surface area (Å²) in [5, 5.41) is 18.7. The third kappa shape index (κ3) is 15.5. The Morgan fingerprint density at radius 2 is 1.37 bits per heavy atom. The van der Waals surface area contributed by atoms with Gasteiger partial charge in [-0.05, 0) is 56.5 Å². The minimum Gasteiger partial charge on any atom is -0.494 e. The highest BCUT2D eigenvalue weighted by Gasteiger charge is 2.16. The summed E-state index contributed by atoms with van der Waals surface area (Å²) in [5.74, 6) is 1.00. The minimum absolute atomic E-state index is 0. The molecule has 2 aromatic carbocycles. The lowest BCUT2D eigenvalue weighted by molar-refractivity contribution is -0.384. The highest BCUT2D eigenvalue weighted by atomic mass is 35.5. The first kappa shape index (κ1) is 38.7. The number of benzene rings is 2. The van der Waals surface area contributed by atoms with Gasteiger partial charge in [-0.15, -0.1) is 37.2 Å². The summed E-state index contributed by atoms with van der Waals surface area (Å²) in [4.78, 5) is 17.4. The van der Waals surface area contributed by atoms with E-state index >= 15 is 0 Å². The summed E-state index contributed by atoms with van der Waals surface area (Å²) in [6, 6.07) is 16.5. The lowest BCUT2D eigenvalue weighted by atomic mass is 10.1. The number of non-ortho nitro benzene ring substituents is 1. The van der Waals surface area contributed by atoms with Gasteiger partial charge in [-0.2, -0.15) is 0 Å². The lowest BCUT2D eigenvalue weighted by Crippen LogP contribution is -2.46. The second-order valence-corrected chi connectivity index (χ2v) is 10.1. The number of hydrogen-bond acceptors (Lipinski definition) is 6. The first-order chi connectivity index (χ1) is 18.5. The Labute approximate surface area is 263 Å². The van der Waals surface area contributed by atoms with Crippen molar-refractivity contribution in [3.05, 3.63) is 70.3 Å². The highest BCUT2D eigenvalue weighted by Crippen LogP contribution is 2.14. The van der Waals surface area contributed by atoms with Gasteiger partial charge in [0.15, 0.2) is 5.96 Å². The molecule has 12 heteroatoms. The first-order valence-corrected chi connectivity index (χ1v) is 14.0. The van der Waals surface area contributed by atoms with E-state index in [-0.39, 0.29) is 48.9 Å². The zero-order chi connectivity index (χ0) is 27.0. The van der Waals surface area contributed by atoms with Crippen molar-refractivity contribution in [1.29, 1.82) is 5.41 Å². The van der Waals surface area contributed by atoms with Crippen molar-refractivity contribution in [2.45, 2.75) is 51.5 Å². The summed E-state index contributed by atoms with van der Waals surface area (Å²) >= 11 is 0. The van der Waals surface area contributed by atoms with Crippen molar-refractivity contribution in [3.63, 3.8) is 0 Å². The molecule has 1 saturated heterocycles. The summed E-state index contributed by atoms with van der Waals surface area (Å²) in [6.07, 6.45) is 8.22. The summed E-state index contributed by atoms with van der Waals surface area (Å²) < 4.78 is 5.76. The van der Waals surface area contributed by atoms with Gasteiger partial charge in [-0.25, -0.2) is 0 Å². The van der Waals surface area contributed by atoms with Crippen LogP contribution in [0, 0.1) is 15.5 Å². The number of nitrogens with one attached hydrogen (secondary N) is 1. The quantitative estimate of drug-likeness (QED) is 0.0724. The summed E-state index contributed by atoms with van der Waals surface area (Å²) in [7, 11) is 0. The van der Waals surface area contributed by atoms with Crippen LogP contribution in [0.25, 0.3) is 0 Å². The number of para-hydroxylation sites is 1. The molecule has 1 fully saturated rings. The molecule has 1 heterocycles. The molecule has 41 heavy (non-hydrogen) atoms. The number of piperazine rings is 1. The van der Waals surface area contributed by atoms with E-state index in [0.29, 0.717) is 13.1 Å². The predicted octanol–water partition coefficient (Wildman–Crippen LogP) is 5.98. The molecule has 3 N–H and O–H groups in total. The summed E-state index contributed by atoms with van der Waals surface area (Å²) in [5.41, 5.74) is 6.77. The van der Waals surface area contributed by atoms with Crippen molar-refractivity contribution < 1.29 is 9.66 Å². The van der Waals surface area contributed by atoms with Gasteiger partial charge < -0.3 is 25.2 Å². The van der Waals surface area contributed by atoms with Crippen LogP contribution in [0.3, 0.4) is 0 Å². The van der Waals surface area contributed by atoms with Crippen LogP contribution < -0.4 is 10.5 Å². The Kier molecular flexibility index (Phi) is 21.1. The van der Waals surface area contributed by atoms with Crippen molar-refractivity contribution >= 4 is 48.9 Å². The molecule has 0 aliphatic carbocycles. The first-order valence-electron chi connectivity index (χ1n) is 14.0. The van der Waals surface area contributed by atoms with Crippen LogP contribution in [0.15, 0.2) is 54.6 Å². The maximum atomic E-state index is 10.8. The Morgan fingerprint density at radius 3 is 1.93 bits per heavy atom. The Bertz CT molecular complexity index is 964. The number of unbranched alkanes of at least 4 members (excludes halogenated alkanes) is 5. The average Bonchev–Trinajstić information content (AvgIpc) is 2.93. The second kappa shape index (κ2) is 22.3. The molecule has 0 atom stereocenters. The molecule has 2 aromatic rings. The van der Waals surface area contributed by atoms with E-state index in [2.05, 4.69) is 9.80 Å². The number of nitrogens with two attached hydrogens (primary N) is 1. The molecule has 232 valence electrons. The Hall–Kier alpha value is -2.30. The van der Waals surface area contributed by atoms with E-state index in [9.17, 15) is 10.1 Å². The van der Waals surface area contributed by atoms with Crippen molar-refractivity contribution in [2.24, 2.45) is 5.73 Å². The van der Waals surface area contributed by atoms with Gasteiger partial charge in [0.2, 0.25) is 0 Å². The predicted molar refractivity (Wildman–Crippen MR) is 174 cm³/mol. The molecule has 0 saturated carbocycles. The number of hydrogen-bond donors (Lipinski definition) is 2. The number of nitrogens with zero attached hydrogens (tertiary/aromatic N) is 4. The normalized spacial score (nSPS) is 13.3. The van der Waals surface area contributed by atoms with E-state index in [4.69, 9.17) is 15.9 Å². The molecule has 0 aromatic heterocycles. The van der Waals surface area contributed by atoms with E-state index in [1.54, 1.807) is 12.1 Å². The van der Waals surface area contributed by atoms with Crippen LogP contribution in [-0.4, -0.2) is 78.0 Å². The van der Waals surface area contributed by atoms with E-state index < -0.39 is 4.92 Å². The number of nitro benzene ring substituents is 1. The Balaban J connectivity index is 0.00000533. The molecular weight excluding hydrogens is 587 g/mol. The monoisotopic (exact) mass is 632 g/mol. The SMILES string of the molecule is Cl.Cl.Cl.N=C(N)N(CCCCN1CCN(CCCCCCCOc2ccccc2)CC1)Cc1ccc([N+](=O)[O-])cc1. The Morgan fingerprint density at radius 1 is 0.829 bits per heavy atom. The van der Waals surface area contributed by atoms with Crippen molar-refractivity contribution in [3.8, 4) is 5.75 Å². The van der Waals surface area contributed by atoms with Gasteiger partial charge >= 0.3 is 0 Å². The van der Waals surface area contributed by atoms with Gasteiger partial charge in [0, 0.05) is 51.4 Å². The van der Waals surface area contributed by atoms with Gasteiger partial charge in [0.1, 0.15) is 5.75 Å². The molecule has 0 amide bonds. The molecule has 1 aliphatic heterocycles. The molecule has 3 rings (SSSR count). The number of ether oxygens (including phenoxy) is 1. The smallest absolute Gasteiger partial charge is 0.269 e. The van der Waals surface area contributed by atoms with Crippen LogP contribution in [0.4, 0.5) is 5.69 Å². The van der Waals surface area contributed by atoms with Gasteiger partial charge in [-0.3, -0.25) is 15.5 Å². The largest absolute Gasteiger partial charge is 0.494 e. The number of rotatable bonds is 17. The highest BCUT2D eigenvalue weighted by molar-refractivity contribution is 5.86. The molecule has 0 radical (unpaired) electrons. The standard InChI is InChI=1S/C29H44N6O3.3ClH/c30-29(31)34(25-26-13-15-27(16-14-26)35(36)37)19-9-8-18-33-22-20-32(21-23-33)17-7-2-1-3-10-24-38-28-11-5-4-6-12-28;;;/h4-6,11-16H,1-3,7-10,17-25H2,(H3,30,31);3*1H. The van der Waals surface area contributed by atoms with E-state index in [1.807, 2.05) is 35.2 Å². The minimum atomic E-state index is -0.404. The third-order valence-electron chi connectivity index (χ3n) is 7.11. The number of guanidine groups is 1. The van der Waals surface area contributed by atoms with Crippen molar-refractivity contribution in [2.75, 3.05) is 52.4 Å². The van der Waals surface area contributed by atoms with Crippen LogP contribution in [0.2, 0.25) is 0 Å². The topological polar surface area (TPSA) is 112 Å². The molecule has 9 nitrogen and oxygen atoms in total. The van der Waals surface area contributed by atoms with E-state index in [1.165, 1.54) is 44.4 Å². The second-order valence-electron chi connectivity index (χ2n) is 10.1. The fourth-order valence-electron chi connectivity index (χ4n) is 4.78. The maximum Gasteiger partial charge on any atom is 0.269 e. The average molecular weight is 634 g/mol. The third-order valence-corrected chi connectivity index (χ3v) is 7.11. The van der Waals surface area contributed by atoms with Crippen LogP contribution in [-0.2, 0) is 6.54 Å². The fourth-order valence-corrected chi connectivity index (χ4v) is 4.78.